The number of phenolic OH excluding ortho intramolecular Hbond substituents is 1. The van der Waals surface area contributed by atoms with Crippen LogP contribution >= 0.6 is 34.8 Å². The molecule has 0 bridgehead atoms. The number of aromatic hydroxyl groups is 1. The number of halogens is 3. The molecule has 2 aromatic rings. The van der Waals surface area contributed by atoms with E-state index in [2.05, 4.69) is 5.32 Å². The van der Waals surface area contributed by atoms with E-state index in [9.17, 15) is 15.2 Å². The van der Waals surface area contributed by atoms with Gasteiger partial charge in [-0.15, -0.1) is 0 Å². The van der Waals surface area contributed by atoms with Gasteiger partial charge in [0.15, 0.2) is 11.5 Å². The van der Waals surface area contributed by atoms with Gasteiger partial charge in [0, 0.05) is 5.02 Å². The van der Waals surface area contributed by atoms with Crippen LogP contribution in [-0.2, 0) is 4.79 Å². The molecular weight excluding hydrogens is 387 g/mol. The van der Waals surface area contributed by atoms with Gasteiger partial charge in [-0.25, -0.2) is 0 Å². The fraction of sp³-hybridized carbons (Fsp3) is 0.0588. The summed E-state index contributed by atoms with van der Waals surface area (Å²) in [6, 6.07) is 9.21. The second kappa shape index (κ2) is 8.13. The summed E-state index contributed by atoms with van der Waals surface area (Å²) in [6.07, 6.45) is 1.31. The van der Waals surface area contributed by atoms with Crippen molar-refractivity contribution in [1.82, 2.24) is 0 Å². The van der Waals surface area contributed by atoms with E-state index >= 15 is 0 Å². The van der Waals surface area contributed by atoms with Gasteiger partial charge in [-0.1, -0.05) is 34.8 Å². The van der Waals surface area contributed by atoms with E-state index in [0.29, 0.717) is 16.3 Å². The lowest BCUT2D eigenvalue weighted by Crippen LogP contribution is -2.13. The van der Waals surface area contributed by atoms with E-state index in [4.69, 9.17) is 39.5 Å². The summed E-state index contributed by atoms with van der Waals surface area (Å²) >= 11 is 17.7. The second-order valence-electron chi connectivity index (χ2n) is 4.80. The molecule has 2 aromatic carbocycles. The Balaban J connectivity index is 2.32. The number of rotatable bonds is 4. The number of nitrogens with zero attached hydrogens (tertiary/aromatic N) is 1. The summed E-state index contributed by atoms with van der Waals surface area (Å²) < 4.78 is 4.99. The molecule has 0 spiro atoms. The van der Waals surface area contributed by atoms with Crippen LogP contribution in [0.1, 0.15) is 5.56 Å². The lowest BCUT2D eigenvalue weighted by molar-refractivity contribution is -0.112. The van der Waals surface area contributed by atoms with E-state index in [0.717, 1.165) is 0 Å². The molecule has 2 N–H and O–H groups in total. The average molecular weight is 398 g/mol. The Bertz CT molecular complexity index is 905. The number of anilines is 1. The number of ether oxygens (including phenoxy) is 1. The van der Waals surface area contributed by atoms with Crippen molar-refractivity contribution in [3.63, 3.8) is 0 Å². The van der Waals surface area contributed by atoms with Gasteiger partial charge in [-0.05, 0) is 42.0 Å². The highest BCUT2D eigenvalue weighted by Crippen LogP contribution is 2.35. The van der Waals surface area contributed by atoms with Crippen molar-refractivity contribution in [2.45, 2.75) is 0 Å². The largest absolute Gasteiger partial charge is 0.503 e. The van der Waals surface area contributed by atoms with Crippen LogP contribution in [0.4, 0.5) is 5.69 Å². The molecule has 5 nitrogen and oxygen atoms in total. The first kappa shape index (κ1) is 18.9. The van der Waals surface area contributed by atoms with Crippen molar-refractivity contribution in [2.75, 3.05) is 12.4 Å². The maximum Gasteiger partial charge on any atom is 0.266 e. The van der Waals surface area contributed by atoms with Crippen molar-refractivity contribution in [2.24, 2.45) is 0 Å². The van der Waals surface area contributed by atoms with Crippen molar-refractivity contribution < 1.29 is 14.6 Å². The van der Waals surface area contributed by atoms with Crippen molar-refractivity contribution in [3.05, 3.63) is 56.5 Å². The fourth-order valence-electron chi connectivity index (χ4n) is 1.93. The second-order valence-corrected chi connectivity index (χ2v) is 6.05. The lowest BCUT2D eigenvalue weighted by atomic mass is 10.1. The van der Waals surface area contributed by atoms with Gasteiger partial charge in [0.1, 0.15) is 11.6 Å². The van der Waals surface area contributed by atoms with Gasteiger partial charge in [0.2, 0.25) is 0 Å². The predicted molar refractivity (Wildman–Crippen MR) is 98.4 cm³/mol. The molecule has 0 saturated heterocycles. The molecule has 0 aromatic heterocycles. The molecule has 0 atom stereocenters. The topological polar surface area (TPSA) is 82.3 Å². The number of nitrogens with one attached hydrogen (secondary N) is 1. The quantitative estimate of drug-likeness (QED) is 0.567. The van der Waals surface area contributed by atoms with Gasteiger partial charge in [0.05, 0.1) is 22.8 Å². The zero-order valence-electron chi connectivity index (χ0n) is 12.8. The Morgan fingerprint density at radius 3 is 2.56 bits per heavy atom. The highest BCUT2D eigenvalue weighted by atomic mass is 35.5. The summed E-state index contributed by atoms with van der Waals surface area (Å²) in [5.41, 5.74) is 0.543. The van der Waals surface area contributed by atoms with Crippen LogP contribution in [0.25, 0.3) is 6.08 Å². The van der Waals surface area contributed by atoms with E-state index < -0.39 is 5.91 Å². The summed E-state index contributed by atoms with van der Waals surface area (Å²) in [4.78, 5) is 12.3. The number of hydrogen-bond donors (Lipinski definition) is 2. The highest BCUT2D eigenvalue weighted by Gasteiger charge is 2.14. The molecule has 1 amide bonds. The third-order valence-electron chi connectivity index (χ3n) is 3.13. The average Bonchev–Trinajstić information content (AvgIpc) is 2.57. The van der Waals surface area contributed by atoms with Crippen LogP contribution in [-0.4, -0.2) is 18.1 Å². The van der Waals surface area contributed by atoms with Gasteiger partial charge < -0.3 is 15.2 Å². The number of methoxy groups -OCH3 is 1. The minimum atomic E-state index is -0.658. The van der Waals surface area contributed by atoms with Gasteiger partial charge >= 0.3 is 0 Å². The van der Waals surface area contributed by atoms with Gasteiger partial charge in [-0.2, -0.15) is 5.26 Å². The van der Waals surface area contributed by atoms with Crippen LogP contribution in [0, 0.1) is 11.3 Å². The standard InChI is InChI=1S/C17H11Cl3N2O3/c1-25-15-6-9(5-13(20)16(15)23)4-10(8-21)17(24)22-14-3-2-11(18)7-12(14)19/h2-7,23H,1H3,(H,22,24)/b10-4+. The third-order valence-corrected chi connectivity index (χ3v) is 3.96. The van der Waals surface area contributed by atoms with E-state index in [1.54, 1.807) is 12.1 Å². The minimum Gasteiger partial charge on any atom is -0.503 e. The van der Waals surface area contributed by atoms with E-state index in [-0.39, 0.29) is 27.1 Å². The smallest absolute Gasteiger partial charge is 0.266 e. The maximum atomic E-state index is 12.3. The minimum absolute atomic E-state index is 0.0315. The van der Waals surface area contributed by atoms with Crippen LogP contribution in [0.5, 0.6) is 11.5 Å². The van der Waals surface area contributed by atoms with Crippen molar-refractivity contribution in [1.29, 1.82) is 5.26 Å². The SMILES string of the molecule is COc1cc(/C=C(\C#N)C(=O)Nc2ccc(Cl)cc2Cl)cc(Cl)c1O. The Kier molecular flexibility index (Phi) is 6.16. The van der Waals surface area contributed by atoms with Crippen LogP contribution in [0.3, 0.4) is 0 Å². The number of phenols is 1. The molecule has 0 fully saturated rings. The van der Waals surface area contributed by atoms with Crippen molar-refractivity contribution in [3.8, 4) is 17.6 Å². The molecule has 0 saturated carbocycles. The molecule has 0 heterocycles. The molecule has 0 radical (unpaired) electrons. The Labute approximate surface area is 159 Å². The summed E-state index contributed by atoms with van der Waals surface area (Å²) in [7, 11) is 1.36. The molecule has 128 valence electrons. The fourth-order valence-corrected chi connectivity index (χ4v) is 2.60. The molecule has 2 rings (SSSR count). The Morgan fingerprint density at radius 1 is 1.24 bits per heavy atom. The van der Waals surface area contributed by atoms with Gasteiger partial charge in [0.25, 0.3) is 5.91 Å². The normalized spacial score (nSPS) is 10.9. The number of hydrogen-bond acceptors (Lipinski definition) is 4. The van der Waals surface area contributed by atoms with Crippen LogP contribution in [0.15, 0.2) is 35.9 Å². The number of carbonyl (C=O) groups is 1. The lowest BCUT2D eigenvalue weighted by Gasteiger charge is -2.08. The van der Waals surface area contributed by atoms with Gasteiger partial charge in [-0.3, -0.25) is 4.79 Å². The van der Waals surface area contributed by atoms with Crippen LogP contribution < -0.4 is 10.1 Å². The Morgan fingerprint density at radius 2 is 1.96 bits per heavy atom. The first-order valence-electron chi connectivity index (χ1n) is 6.80. The molecule has 25 heavy (non-hydrogen) atoms. The number of benzene rings is 2. The number of carbonyl (C=O) groups excluding carboxylic acids is 1. The molecule has 8 heteroatoms. The first-order chi connectivity index (χ1) is 11.8. The predicted octanol–water partition coefficient (Wildman–Crippen LogP) is 4.91. The summed E-state index contributed by atoms with van der Waals surface area (Å²) in [5.74, 6) is -0.760. The molecule has 0 aliphatic rings. The maximum absolute atomic E-state index is 12.3. The third kappa shape index (κ3) is 4.58. The Hall–Kier alpha value is -2.39. The summed E-state index contributed by atoms with van der Waals surface area (Å²) in [5, 5.41) is 22.2. The van der Waals surface area contributed by atoms with Crippen LogP contribution in [0.2, 0.25) is 15.1 Å². The molecule has 0 unspecified atom stereocenters. The molecular formula is C17H11Cl3N2O3. The molecule has 0 aliphatic heterocycles. The zero-order valence-corrected chi connectivity index (χ0v) is 15.1. The van der Waals surface area contributed by atoms with E-state index in [1.807, 2.05) is 0 Å². The summed E-state index contributed by atoms with van der Waals surface area (Å²) in [6.45, 7) is 0. The first-order valence-corrected chi connectivity index (χ1v) is 7.93. The zero-order chi connectivity index (χ0) is 18.6. The van der Waals surface area contributed by atoms with Crippen molar-refractivity contribution >= 4 is 52.5 Å². The van der Waals surface area contributed by atoms with E-state index in [1.165, 1.54) is 37.5 Å². The number of nitriles is 1. The number of amides is 1. The monoisotopic (exact) mass is 396 g/mol. The molecule has 0 aliphatic carbocycles. The highest BCUT2D eigenvalue weighted by molar-refractivity contribution is 6.37.